The Hall–Kier alpha value is -1.34. The summed E-state index contributed by atoms with van der Waals surface area (Å²) in [5, 5.41) is 3.33. The lowest BCUT2D eigenvalue weighted by Gasteiger charge is -2.26. The van der Waals surface area contributed by atoms with Crippen molar-refractivity contribution >= 4 is 35.2 Å². The van der Waals surface area contributed by atoms with Gasteiger partial charge >= 0.3 is 0 Å². The fourth-order valence-electron chi connectivity index (χ4n) is 1.56. The first-order chi connectivity index (χ1) is 8.61. The van der Waals surface area contributed by atoms with Gasteiger partial charge in [-0.3, -0.25) is 9.59 Å². The van der Waals surface area contributed by atoms with Crippen LogP contribution in [0.4, 0.5) is 0 Å². The minimum absolute atomic E-state index is 0.0355. The molecule has 1 aliphatic heterocycles. The molecule has 1 N–H and O–H groups in total. The van der Waals surface area contributed by atoms with Crippen molar-refractivity contribution < 1.29 is 9.59 Å². The summed E-state index contributed by atoms with van der Waals surface area (Å²) in [6.45, 7) is 0.940. The maximum atomic E-state index is 12.2. The fourth-order valence-corrected chi connectivity index (χ4v) is 2.07. The van der Waals surface area contributed by atoms with Crippen LogP contribution in [0.25, 0.3) is 0 Å². The van der Waals surface area contributed by atoms with Gasteiger partial charge in [-0.25, -0.2) is 9.97 Å². The molecule has 2 amide bonds. The van der Waals surface area contributed by atoms with Crippen LogP contribution in [-0.4, -0.2) is 52.6 Å². The molecule has 1 fully saturated rings. The van der Waals surface area contributed by atoms with Gasteiger partial charge in [0.2, 0.25) is 5.91 Å². The first-order valence-corrected chi connectivity index (χ1v) is 6.84. The first-order valence-electron chi connectivity index (χ1n) is 5.24. The van der Waals surface area contributed by atoms with Crippen LogP contribution in [0.3, 0.4) is 0 Å². The van der Waals surface area contributed by atoms with Gasteiger partial charge in [0.1, 0.15) is 0 Å². The lowest BCUT2D eigenvalue weighted by Crippen LogP contribution is -2.50. The standard InChI is InChI=1S/C10H11ClN4O2S/c1-18-10-13-4-6(11)8(14-10)9(17)15-3-2-12-7(16)5-15/h4H,2-3,5H2,1H3,(H,12,16). The molecule has 18 heavy (non-hydrogen) atoms. The monoisotopic (exact) mass is 286 g/mol. The minimum Gasteiger partial charge on any atom is -0.353 e. The SMILES string of the molecule is CSc1ncc(Cl)c(C(=O)N2CCNC(=O)C2)n1. The molecule has 0 aliphatic carbocycles. The van der Waals surface area contributed by atoms with E-state index in [4.69, 9.17) is 11.6 Å². The summed E-state index contributed by atoms with van der Waals surface area (Å²) >= 11 is 7.25. The number of piperazine rings is 1. The molecular weight excluding hydrogens is 276 g/mol. The Morgan fingerprint density at radius 3 is 3.06 bits per heavy atom. The molecule has 1 saturated heterocycles. The Kier molecular flexibility index (Phi) is 4.03. The number of halogens is 1. The van der Waals surface area contributed by atoms with Crippen molar-refractivity contribution in [3.8, 4) is 0 Å². The summed E-state index contributed by atoms with van der Waals surface area (Å²) in [7, 11) is 0. The molecule has 0 unspecified atom stereocenters. The lowest BCUT2D eigenvalue weighted by atomic mass is 10.3. The molecule has 2 heterocycles. The van der Waals surface area contributed by atoms with Gasteiger partial charge in [0.05, 0.1) is 17.8 Å². The summed E-state index contributed by atoms with van der Waals surface area (Å²) in [4.78, 5) is 32.9. The van der Waals surface area contributed by atoms with E-state index in [0.717, 1.165) is 0 Å². The maximum Gasteiger partial charge on any atom is 0.274 e. The first kappa shape index (κ1) is 13.1. The smallest absolute Gasteiger partial charge is 0.274 e. The zero-order valence-corrected chi connectivity index (χ0v) is 11.2. The molecule has 96 valence electrons. The third-order valence-electron chi connectivity index (χ3n) is 2.43. The van der Waals surface area contributed by atoms with E-state index in [9.17, 15) is 9.59 Å². The number of hydrogen-bond donors (Lipinski definition) is 1. The summed E-state index contributed by atoms with van der Waals surface area (Å²) in [6, 6.07) is 0. The second-order valence-electron chi connectivity index (χ2n) is 3.63. The van der Waals surface area contributed by atoms with Gasteiger partial charge in [-0.05, 0) is 6.26 Å². The summed E-state index contributed by atoms with van der Waals surface area (Å²) < 4.78 is 0. The van der Waals surface area contributed by atoms with Crippen molar-refractivity contribution in [2.45, 2.75) is 5.16 Å². The number of carbonyl (C=O) groups excluding carboxylic acids is 2. The molecular formula is C10H11ClN4O2S. The average Bonchev–Trinajstić information content (AvgIpc) is 2.38. The van der Waals surface area contributed by atoms with Gasteiger partial charge in [-0.1, -0.05) is 23.4 Å². The molecule has 0 saturated carbocycles. The molecule has 8 heteroatoms. The highest BCUT2D eigenvalue weighted by atomic mass is 35.5. The molecule has 0 radical (unpaired) electrons. The Balaban J connectivity index is 2.24. The van der Waals surface area contributed by atoms with Gasteiger partial charge in [0.15, 0.2) is 10.9 Å². The molecule has 1 aromatic heterocycles. The van der Waals surface area contributed by atoms with Crippen LogP contribution in [0.15, 0.2) is 11.4 Å². The number of hydrogen-bond acceptors (Lipinski definition) is 5. The third kappa shape index (κ3) is 2.73. The van der Waals surface area contributed by atoms with E-state index in [0.29, 0.717) is 18.2 Å². The average molecular weight is 287 g/mol. The van der Waals surface area contributed by atoms with E-state index in [-0.39, 0.29) is 29.1 Å². The van der Waals surface area contributed by atoms with Crippen LogP contribution >= 0.6 is 23.4 Å². The van der Waals surface area contributed by atoms with Crippen molar-refractivity contribution in [2.75, 3.05) is 25.9 Å². The largest absolute Gasteiger partial charge is 0.353 e. The summed E-state index contributed by atoms with van der Waals surface area (Å²) in [5.41, 5.74) is 0.144. The molecule has 0 bridgehead atoms. The number of amides is 2. The van der Waals surface area contributed by atoms with E-state index < -0.39 is 0 Å². The van der Waals surface area contributed by atoms with Crippen LogP contribution < -0.4 is 5.32 Å². The number of aromatic nitrogens is 2. The van der Waals surface area contributed by atoms with Gasteiger partial charge in [-0.15, -0.1) is 0 Å². The Labute approximate surface area is 113 Å². The fraction of sp³-hybridized carbons (Fsp3) is 0.400. The summed E-state index contributed by atoms with van der Waals surface area (Å²) in [6.07, 6.45) is 3.21. The molecule has 0 aromatic carbocycles. The van der Waals surface area contributed by atoms with Gasteiger partial charge < -0.3 is 10.2 Å². The zero-order valence-electron chi connectivity index (χ0n) is 9.64. The van der Waals surface area contributed by atoms with Crippen molar-refractivity contribution in [1.29, 1.82) is 0 Å². The third-order valence-corrected chi connectivity index (χ3v) is 3.27. The quantitative estimate of drug-likeness (QED) is 0.630. The van der Waals surface area contributed by atoms with Crippen LogP contribution in [0.5, 0.6) is 0 Å². The van der Waals surface area contributed by atoms with Crippen LogP contribution in [0, 0.1) is 0 Å². The highest BCUT2D eigenvalue weighted by Crippen LogP contribution is 2.18. The molecule has 1 aromatic rings. The van der Waals surface area contributed by atoms with Gasteiger partial charge in [0.25, 0.3) is 5.91 Å². The second kappa shape index (κ2) is 5.53. The van der Waals surface area contributed by atoms with E-state index in [1.54, 1.807) is 0 Å². The minimum atomic E-state index is -0.340. The van der Waals surface area contributed by atoms with Crippen molar-refractivity contribution in [2.24, 2.45) is 0 Å². The topological polar surface area (TPSA) is 75.2 Å². The number of nitrogens with zero attached hydrogens (tertiary/aromatic N) is 3. The van der Waals surface area contributed by atoms with Gasteiger partial charge in [0, 0.05) is 13.1 Å². The highest BCUT2D eigenvalue weighted by Gasteiger charge is 2.25. The second-order valence-corrected chi connectivity index (χ2v) is 4.81. The zero-order chi connectivity index (χ0) is 13.1. The molecule has 1 aliphatic rings. The van der Waals surface area contributed by atoms with Crippen LogP contribution in [0.2, 0.25) is 5.02 Å². The number of thioether (sulfide) groups is 1. The molecule has 6 nitrogen and oxygen atoms in total. The number of carbonyl (C=O) groups is 2. The lowest BCUT2D eigenvalue weighted by molar-refractivity contribution is -0.123. The van der Waals surface area contributed by atoms with Gasteiger partial charge in [-0.2, -0.15) is 0 Å². The van der Waals surface area contributed by atoms with E-state index in [1.807, 2.05) is 6.26 Å². The Morgan fingerprint density at radius 1 is 1.61 bits per heavy atom. The highest BCUT2D eigenvalue weighted by molar-refractivity contribution is 7.98. The maximum absolute atomic E-state index is 12.2. The van der Waals surface area contributed by atoms with Crippen molar-refractivity contribution in [3.63, 3.8) is 0 Å². The normalized spacial score (nSPS) is 15.4. The van der Waals surface area contributed by atoms with Crippen LogP contribution in [0.1, 0.15) is 10.5 Å². The van der Waals surface area contributed by atoms with E-state index >= 15 is 0 Å². The molecule has 0 atom stereocenters. The predicted molar refractivity (Wildman–Crippen MR) is 67.7 cm³/mol. The molecule has 2 rings (SSSR count). The van der Waals surface area contributed by atoms with Crippen molar-refractivity contribution in [1.82, 2.24) is 20.2 Å². The summed E-state index contributed by atoms with van der Waals surface area (Å²) in [5.74, 6) is -0.516. The Bertz CT molecular complexity index is 497. The van der Waals surface area contributed by atoms with Crippen molar-refractivity contribution in [3.05, 3.63) is 16.9 Å². The number of rotatable bonds is 2. The van der Waals surface area contributed by atoms with E-state index in [1.165, 1.54) is 22.9 Å². The number of nitrogens with one attached hydrogen (secondary N) is 1. The predicted octanol–water partition coefficient (Wildman–Crippen LogP) is 0.424. The Morgan fingerprint density at radius 2 is 2.39 bits per heavy atom. The van der Waals surface area contributed by atoms with E-state index in [2.05, 4.69) is 15.3 Å². The van der Waals surface area contributed by atoms with Crippen LogP contribution in [-0.2, 0) is 4.79 Å². The molecule has 0 spiro atoms.